The predicted molar refractivity (Wildman–Crippen MR) is 147 cm³/mol. The minimum atomic E-state index is -0.547. The molecule has 38 heavy (non-hydrogen) atoms. The number of nitriles is 1. The van der Waals surface area contributed by atoms with Crippen LogP contribution in [0.15, 0.2) is 48.7 Å². The number of carbonyl (C=O) groups is 1. The van der Waals surface area contributed by atoms with Crippen LogP contribution in [0.3, 0.4) is 0 Å². The summed E-state index contributed by atoms with van der Waals surface area (Å²) < 4.78 is 25.3. The van der Waals surface area contributed by atoms with Crippen molar-refractivity contribution in [3.63, 3.8) is 0 Å². The summed E-state index contributed by atoms with van der Waals surface area (Å²) in [4.78, 5) is 19.5. The smallest absolute Gasteiger partial charge is 0.248 e. The van der Waals surface area contributed by atoms with Gasteiger partial charge in [0.2, 0.25) is 5.91 Å². The Hall–Kier alpha value is -3.71. The minimum absolute atomic E-state index is 0.0502. The second-order valence-corrected chi connectivity index (χ2v) is 9.17. The van der Waals surface area contributed by atoms with E-state index in [0.29, 0.717) is 53.5 Å². The first-order chi connectivity index (χ1) is 18.4. The number of fused-ring (bicyclic) bond motifs is 1. The largest absolute Gasteiger partial charge is 0.486 e. The lowest BCUT2D eigenvalue weighted by Gasteiger charge is -2.18. The number of ether oxygens (including phenoxy) is 2. The van der Waals surface area contributed by atoms with Crippen molar-refractivity contribution in [1.29, 1.82) is 5.26 Å². The van der Waals surface area contributed by atoms with Crippen LogP contribution in [-0.2, 0) is 9.53 Å². The Morgan fingerprint density at radius 2 is 2.16 bits per heavy atom. The van der Waals surface area contributed by atoms with Gasteiger partial charge in [0.05, 0.1) is 40.7 Å². The highest BCUT2D eigenvalue weighted by atomic mass is 35.5. The van der Waals surface area contributed by atoms with E-state index in [2.05, 4.69) is 40.4 Å². The number of pyridine rings is 1. The first-order valence-corrected chi connectivity index (χ1v) is 12.8. The molecule has 10 heteroatoms. The van der Waals surface area contributed by atoms with Crippen LogP contribution < -0.4 is 15.4 Å². The first kappa shape index (κ1) is 27.3. The van der Waals surface area contributed by atoms with Gasteiger partial charge in [0.25, 0.3) is 0 Å². The Morgan fingerprint density at radius 3 is 2.84 bits per heavy atom. The number of halogens is 2. The number of hydrogen-bond donors (Lipinski definition) is 2. The molecule has 0 spiro atoms. The lowest BCUT2D eigenvalue weighted by molar-refractivity contribution is -0.111. The second-order valence-electron chi connectivity index (χ2n) is 8.76. The highest BCUT2D eigenvalue weighted by Crippen LogP contribution is 2.37. The van der Waals surface area contributed by atoms with Crippen LogP contribution >= 0.6 is 11.6 Å². The Bertz CT molecular complexity index is 1380. The molecule has 0 bridgehead atoms. The molecule has 4 rings (SSSR count). The number of amides is 1. The fourth-order valence-electron chi connectivity index (χ4n) is 4.10. The van der Waals surface area contributed by atoms with Crippen molar-refractivity contribution in [2.24, 2.45) is 0 Å². The first-order valence-electron chi connectivity index (χ1n) is 12.4. The SMILES string of the molecule is CCN(CC)CC=CC(=O)Nc1cc2c(Nc3ccc(F)c(Cl)c3)c(C#N)cnc2cc1O[C@H]1CCOC1. The Labute approximate surface area is 226 Å². The molecule has 0 unspecified atom stereocenters. The predicted octanol–water partition coefficient (Wildman–Crippen LogP) is 5.65. The lowest BCUT2D eigenvalue weighted by Crippen LogP contribution is -2.23. The summed E-state index contributed by atoms with van der Waals surface area (Å²) in [5.74, 6) is -0.409. The van der Waals surface area contributed by atoms with Gasteiger partial charge < -0.3 is 25.0 Å². The summed E-state index contributed by atoms with van der Waals surface area (Å²) in [5, 5.41) is 16.4. The molecular formula is C28H29ClFN5O3. The van der Waals surface area contributed by atoms with E-state index >= 15 is 0 Å². The third-order valence-corrected chi connectivity index (χ3v) is 6.54. The third kappa shape index (κ3) is 6.58. The summed E-state index contributed by atoms with van der Waals surface area (Å²) >= 11 is 5.96. The van der Waals surface area contributed by atoms with E-state index in [9.17, 15) is 14.4 Å². The molecular weight excluding hydrogens is 509 g/mol. The van der Waals surface area contributed by atoms with E-state index in [1.807, 2.05) is 6.08 Å². The molecule has 2 heterocycles. The monoisotopic (exact) mass is 537 g/mol. The molecule has 0 radical (unpaired) electrons. The zero-order valence-electron chi connectivity index (χ0n) is 21.3. The summed E-state index contributed by atoms with van der Waals surface area (Å²) in [6, 6.07) is 9.78. The van der Waals surface area contributed by atoms with E-state index in [1.165, 1.54) is 30.5 Å². The van der Waals surface area contributed by atoms with Gasteiger partial charge in [-0.25, -0.2) is 4.39 Å². The lowest BCUT2D eigenvalue weighted by atomic mass is 10.1. The molecule has 8 nitrogen and oxygen atoms in total. The van der Waals surface area contributed by atoms with Crippen LogP contribution in [0.4, 0.5) is 21.5 Å². The Morgan fingerprint density at radius 1 is 1.34 bits per heavy atom. The number of nitrogens with zero attached hydrogens (tertiary/aromatic N) is 3. The van der Waals surface area contributed by atoms with Crippen molar-refractivity contribution in [1.82, 2.24) is 9.88 Å². The Balaban J connectivity index is 1.72. The van der Waals surface area contributed by atoms with Crippen LogP contribution in [-0.4, -0.2) is 54.7 Å². The summed E-state index contributed by atoms with van der Waals surface area (Å²) in [6.07, 6.45) is 5.34. The molecule has 1 atom stereocenters. The number of carbonyl (C=O) groups excluding carboxylic acids is 1. The number of likely N-dealkylation sites (N-methyl/N-ethyl adjacent to an activating group) is 1. The summed E-state index contributed by atoms with van der Waals surface area (Å²) in [6.45, 7) is 7.62. The van der Waals surface area contributed by atoms with E-state index in [-0.39, 0.29) is 22.6 Å². The summed E-state index contributed by atoms with van der Waals surface area (Å²) in [5.41, 5.74) is 2.19. The second kappa shape index (κ2) is 12.7. The van der Waals surface area contributed by atoms with Crippen molar-refractivity contribution in [3.05, 3.63) is 65.1 Å². The van der Waals surface area contributed by atoms with Gasteiger partial charge in [-0.3, -0.25) is 9.78 Å². The number of aromatic nitrogens is 1. The molecule has 1 aromatic heterocycles. The van der Waals surface area contributed by atoms with Crippen LogP contribution in [0.2, 0.25) is 5.02 Å². The third-order valence-electron chi connectivity index (χ3n) is 6.25. The van der Waals surface area contributed by atoms with Gasteiger partial charge >= 0.3 is 0 Å². The van der Waals surface area contributed by atoms with Crippen LogP contribution in [0, 0.1) is 17.1 Å². The average Bonchev–Trinajstić information content (AvgIpc) is 3.42. The minimum Gasteiger partial charge on any atom is -0.486 e. The quantitative estimate of drug-likeness (QED) is 0.322. The fourth-order valence-corrected chi connectivity index (χ4v) is 4.28. The zero-order valence-corrected chi connectivity index (χ0v) is 22.0. The molecule has 1 aliphatic heterocycles. The number of anilines is 3. The zero-order chi connectivity index (χ0) is 27.1. The van der Waals surface area contributed by atoms with Gasteiger partial charge in [0, 0.05) is 42.4 Å². The number of hydrogen-bond acceptors (Lipinski definition) is 7. The molecule has 1 fully saturated rings. The number of nitrogens with one attached hydrogen (secondary N) is 2. The maximum atomic E-state index is 13.7. The van der Waals surface area contributed by atoms with Crippen molar-refractivity contribution in [3.8, 4) is 11.8 Å². The van der Waals surface area contributed by atoms with Gasteiger partial charge in [0.15, 0.2) is 0 Å². The van der Waals surface area contributed by atoms with Gasteiger partial charge in [-0.2, -0.15) is 5.26 Å². The van der Waals surface area contributed by atoms with Crippen LogP contribution in [0.25, 0.3) is 10.9 Å². The van der Waals surface area contributed by atoms with E-state index < -0.39 is 5.82 Å². The van der Waals surface area contributed by atoms with Crippen LogP contribution in [0.5, 0.6) is 5.75 Å². The fraction of sp³-hybridized carbons (Fsp3) is 0.321. The molecule has 198 valence electrons. The van der Waals surface area contributed by atoms with Gasteiger partial charge in [-0.15, -0.1) is 0 Å². The van der Waals surface area contributed by atoms with Crippen molar-refractivity contribution in [2.45, 2.75) is 26.4 Å². The standard InChI is InChI=1S/C28H29ClFN5O3/c1-3-35(4-2)10-5-6-27(36)34-25-13-21-24(14-26(25)38-20-9-11-37-17-20)32-16-18(15-31)28(21)33-19-7-8-23(30)22(29)12-19/h5-8,12-14,16,20H,3-4,9-11,17H2,1-2H3,(H,32,33)(H,34,36)/t20-/m0/s1. The van der Waals surface area contributed by atoms with E-state index in [1.54, 1.807) is 12.1 Å². The molecule has 1 aliphatic rings. The van der Waals surface area contributed by atoms with E-state index in [0.717, 1.165) is 19.5 Å². The number of benzene rings is 2. The molecule has 3 aromatic rings. The molecule has 1 saturated heterocycles. The molecule has 0 aliphatic carbocycles. The summed E-state index contributed by atoms with van der Waals surface area (Å²) in [7, 11) is 0. The number of rotatable bonds is 10. The topological polar surface area (TPSA) is 99.5 Å². The van der Waals surface area contributed by atoms with Crippen molar-refractivity contribution < 1.29 is 18.7 Å². The Kier molecular flexibility index (Phi) is 9.13. The van der Waals surface area contributed by atoms with Gasteiger partial charge in [-0.05, 0) is 37.4 Å². The highest BCUT2D eigenvalue weighted by molar-refractivity contribution is 6.31. The normalized spacial score (nSPS) is 15.2. The molecule has 2 aromatic carbocycles. The van der Waals surface area contributed by atoms with Gasteiger partial charge in [-0.1, -0.05) is 31.5 Å². The molecule has 0 saturated carbocycles. The average molecular weight is 538 g/mol. The molecule has 2 N–H and O–H groups in total. The molecule has 1 amide bonds. The maximum absolute atomic E-state index is 13.7. The maximum Gasteiger partial charge on any atom is 0.248 e. The van der Waals surface area contributed by atoms with Gasteiger partial charge in [0.1, 0.15) is 23.7 Å². The highest BCUT2D eigenvalue weighted by Gasteiger charge is 2.21. The van der Waals surface area contributed by atoms with E-state index in [4.69, 9.17) is 21.1 Å². The van der Waals surface area contributed by atoms with Crippen LogP contribution in [0.1, 0.15) is 25.8 Å². The van der Waals surface area contributed by atoms with Crippen molar-refractivity contribution >= 4 is 45.5 Å². The van der Waals surface area contributed by atoms with Crippen molar-refractivity contribution in [2.75, 3.05) is 43.5 Å².